The van der Waals surface area contributed by atoms with E-state index in [2.05, 4.69) is 24.5 Å². The molecule has 0 saturated heterocycles. The van der Waals surface area contributed by atoms with Gasteiger partial charge in [0.25, 0.3) is 0 Å². The molecule has 1 aromatic heterocycles. The summed E-state index contributed by atoms with van der Waals surface area (Å²) < 4.78 is 1.27. The molecule has 0 bridgehead atoms. The first-order valence-corrected chi connectivity index (χ1v) is 6.00. The van der Waals surface area contributed by atoms with E-state index in [9.17, 15) is 0 Å². The Morgan fingerprint density at radius 3 is 3.00 bits per heavy atom. The molecular weight excluding hydrogens is 208 g/mol. The standard InChI is InChI=1S/C9H7ClS2/c1-11-6-2-3-7-8(10)5-12-9(7)4-6/h2-5H,1H3. The highest BCUT2D eigenvalue weighted by molar-refractivity contribution is 7.98. The molecule has 0 unspecified atom stereocenters. The Balaban J connectivity index is 2.69. The Hall–Kier alpha value is -0.180. The molecule has 0 radical (unpaired) electrons. The number of thiophene rings is 1. The van der Waals surface area contributed by atoms with Crippen LogP contribution in [0.15, 0.2) is 28.5 Å². The lowest BCUT2D eigenvalue weighted by molar-refractivity contribution is 1.53. The molecule has 1 heterocycles. The van der Waals surface area contributed by atoms with E-state index >= 15 is 0 Å². The van der Waals surface area contributed by atoms with Gasteiger partial charge in [-0.3, -0.25) is 0 Å². The highest BCUT2D eigenvalue weighted by atomic mass is 35.5. The fourth-order valence-electron chi connectivity index (χ4n) is 1.10. The molecule has 0 aliphatic heterocycles. The number of fused-ring (bicyclic) bond motifs is 1. The summed E-state index contributed by atoms with van der Waals surface area (Å²) in [4.78, 5) is 1.29. The summed E-state index contributed by atoms with van der Waals surface area (Å²) in [5.74, 6) is 0. The van der Waals surface area contributed by atoms with Crippen LogP contribution in [0, 0.1) is 0 Å². The second kappa shape index (κ2) is 3.29. The minimum absolute atomic E-state index is 0.864. The van der Waals surface area contributed by atoms with E-state index in [1.807, 2.05) is 5.38 Å². The van der Waals surface area contributed by atoms with Crippen molar-refractivity contribution in [1.29, 1.82) is 0 Å². The fraction of sp³-hybridized carbons (Fsp3) is 0.111. The van der Waals surface area contributed by atoms with Crippen molar-refractivity contribution in [2.24, 2.45) is 0 Å². The molecule has 12 heavy (non-hydrogen) atoms. The second-order valence-electron chi connectivity index (χ2n) is 2.45. The topological polar surface area (TPSA) is 0 Å². The van der Waals surface area contributed by atoms with Gasteiger partial charge in [0.15, 0.2) is 0 Å². The van der Waals surface area contributed by atoms with Gasteiger partial charge in [0, 0.05) is 20.4 Å². The average Bonchev–Trinajstić information content (AvgIpc) is 2.47. The zero-order valence-electron chi connectivity index (χ0n) is 6.50. The van der Waals surface area contributed by atoms with Gasteiger partial charge in [0.05, 0.1) is 5.02 Å². The summed E-state index contributed by atoms with van der Waals surface area (Å²) in [6, 6.07) is 6.36. The summed E-state index contributed by atoms with van der Waals surface area (Å²) in [6.07, 6.45) is 2.08. The van der Waals surface area contributed by atoms with Gasteiger partial charge in [-0.15, -0.1) is 23.1 Å². The molecule has 2 rings (SSSR count). The zero-order valence-corrected chi connectivity index (χ0v) is 8.89. The first-order valence-electron chi connectivity index (χ1n) is 3.52. The van der Waals surface area contributed by atoms with E-state index in [1.54, 1.807) is 23.1 Å². The third-order valence-electron chi connectivity index (χ3n) is 1.74. The van der Waals surface area contributed by atoms with Crippen molar-refractivity contribution >= 4 is 44.8 Å². The van der Waals surface area contributed by atoms with Crippen molar-refractivity contribution in [1.82, 2.24) is 0 Å². The van der Waals surface area contributed by atoms with Crippen LogP contribution in [-0.2, 0) is 0 Å². The average molecular weight is 215 g/mol. The number of halogens is 1. The monoisotopic (exact) mass is 214 g/mol. The van der Waals surface area contributed by atoms with E-state index < -0.39 is 0 Å². The highest BCUT2D eigenvalue weighted by Crippen LogP contribution is 2.32. The van der Waals surface area contributed by atoms with Crippen LogP contribution in [0.5, 0.6) is 0 Å². The molecular formula is C9H7ClS2. The normalized spacial score (nSPS) is 10.8. The van der Waals surface area contributed by atoms with Crippen molar-refractivity contribution in [2.75, 3.05) is 6.26 Å². The number of thioether (sulfide) groups is 1. The maximum absolute atomic E-state index is 5.97. The first kappa shape index (κ1) is 8.42. The van der Waals surface area contributed by atoms with Crippen LogP contribution in [0.4, 0.5) is 0 Å². The number of hydrogen-bond donors (Lipinski definition) is 0. The Morgan fingerprint density at radius 1 is 1.42 bits per heavy atom. The molecule has 0 spiro atoms. The molecule has 2 aromatic rings. The number of benzene rings is 1. The summed E-state index contributed by atoms with van der Waals surface area (Å²) in [6.45, 7) is 0. The lowest BCUT2D eigenvalue weighted by Gasteiger charge is -1.95. The summed E-state index contributed by atoms with van der Waals surface area (Å²) in [5, 5.41) is 4.01. The van der Waals surface area contributed by atoms with Gasteiger partial charge >= 0.3 is 0 Å². The van der Waals surface area contributed by atoms with Crippen LogP contribution in [0.2, 0.25) is 5.02 Å². The van der Waals surface area contributed by atoms with Gasteiger partial charge in [-0.25, -0.2) is 0 Å². The van der Waals surface area contributed by atoms with E-state index in [4.69, 9.17) is 11.6 Å². The van der Waals surface area contributed by atoms with Gasteiger partial charge in [-0.2, -0.15) is 0 Å². The second-order valence-corrected chi connectivity index (χ2v) is 4.64. The minimum Gasteiger partial charge on any atom is -0.142 e. The van der Waals surface area contributed by atoms with E-state index in [1.165, 1.54) is 15.0 Å². The predicted octanol–water partition coefficient (Wildman–Crippen LogP) is 4.28. The number of rotatable bonds is 1. The van der Waals surface area contributed by atoms with Crippen molar-refractivity contribution in [2.45, 2.75) is 4.90 Å². The van der Waals surface area contributed by atoms with Crippen molar-refractivity contribution in [3.05, 3.63) is 28.6 Å². The Bertz CT molecular complexity index is 406. The van der Waals surface area contributed by atoms with E-state index in [0.29, 0.717) is 0 Å². The van der Waals surface area contributed by atoms with E-state index in [0.717, 1.165) is 5.02 Å². The molecule has 0 aliphatic carbocycles. The molecule has 3 heteroatoms. The molecule has 0 atom stereocenters. The van der Waals surface area contributed by atoms with E-state index in [-0.39, 0.29) is 0 Å². The smallest absolute Gasteiger partial charge is 0.0591 e. The largest absolute Gasteiger partial charge is 0.142 e. The molecule has 62 valence electrons. The molecule has 0 saturated carbocycles. The molecule has 0 aliphatic rings. The van der Waals surface area contributed by atoms with Gasteiger partial charge in [0.2, 0.25) is 0 Å². The minimum atomic E-state index is 0.864. The molecule has 0 N–H and O–H groups in total. The van der Waals surface area contributed by atoms with Crippen molar-refractivity contribution in [3.8, 4) is 0 Å². The maximum atomic E-state index is 5.97. The van der Waals surface area contributed by atoms with Crippen LogP contribution in [0.1, 0.15) is 0 Å². The highest BCUT2D eigenvalue weighted by Gasteiger charge is 2.01. The Kier molecular flexibility index (Phi) is 2.31. The van der Waals surface area contributed by atoms with Gasteiger partial charge in [0.1, 0.15) is 0 Å². The van der Waals surface area contributed by atoms with Crippen LogP contribution in [-0.4, -0.2) is 6.26 Å². The summed E-state index contributed by atoms with van der Waals surface area (Å²) in [5.41, 5.74) is 0. The van der Waals surface area contributed by atoms with Gasteiger partial charge in [-0.05, 0) is 18.4 Å². The fourth-order valence-corrected chi connectivity index (χ4v) is 2.83. The van der Waals surface area contributed by atoms with Crippen LogP contribution >= 0.6 is 34.7 Å². The lowest BCUT2D eigenvalue weighted by atomic mass is 10.3. The van der Waals surface area contributed by atoms with Crippen LogP contribution in [0.25, 0.3) is 10.1 Å². The van der Waals surface area contributed by atoms with Gasteiger partial charge in [-0.1, -0.05) is 17.7 Å². The maximum Gasteiger partial charge on any atom is 0.0591 e. The third-order valence-corrected chi connectivity index (χ3v) is 3.85. The quantitative estimate of drug-likeness (QED) is 0.639. The third kappa shape index (κ3) is 1.35. The van der Waals surface area contributed by atoms with Crippen LogP contribution in [0.3, 0.4) is 0 Å². The van der Waals surface area contributed by atoms with Crippen molar-refractivity contribution < 1.29 is 0 Å². The zero-order chi connectivity index (χ0) is 8.55. The number of hydrogen-bond acceptors (Lipinski definition) is 2. The first-order chi connectivity index (χ1) is 5.81. The predicted molar refractivity (Wildman–Crippen MR) is 58.6 cm³/mol. The molecule has 0 fully saturated rings. The molecule has 0 amide bonds. The summed E-state index contributed by atoms with van der Waals surface area (Å²) in [7, 11) is 0. The lowest BCUT2D eigenvalue weighted by Crippen LogP contribution is -1.67. The van der Waals surface area contributed by atoms with Gasteiger partial charge < -0.3 is 0 Å². The van der Waals surface area contributed by atoms with Crippen molar-refractivity contribution in [3.63, 3.8) is 0 Å². The molecule has 0 nitrogen and oxygen atoms in total. The molecule has 1 aromatic carbocycles. The Labute approximate surface area is 84.5 Å². The SMILES string of the molecule is CSc1ccc2c(Cl)csc2c1. The summed E-state index contributed by atoms with van der Waals surface area (Å²) >= 11 is 9.43. The van der Waals surface area contributed by atoms with Crippen LogP contribution < -0.4 is 0 Å². The Morgan fingerprint density at radius 2 is 2.25 bits per heavy atom.